The molecule has 2 N–H and O–H groups in total. The number of hydrogen-bond donors (Lipinski definition) is 2. The first-order chi connectivity index (χ1) is 11.5. The summed E-state index contributed by atoms with van der Waals surface area (Å²) in [7, 11) is -6.19. The lowest BCUT2D eigenvalue weighted by Gasteiger charge is -2.10. The number of amides is 2. The summed E-state index contributed by atoms with van der Waals surface area (Å²) in [5.74, 6) is -1.25. The van der Waals surface area contributed by atoms with Crippen LogP contribution in [0.25, 0.3) is 0 Å². The van der Waals surface area contributed by atoms with E-state index in [2.05, 4.69) is 10.9 Å². The highest BCUT2D eigenvalue weighted by Crippen LogP contribution is 2.21. The van der Waals surface area contributed by atoms with Gasteiger partial charge in [0.15, 0.2) is 19.7 Å². The fraction of sp³-hybridized carbons (Fsp3) is 0.467. The molecule has 0 radical (unpaired) electrons. The first kappa shape index (κ1) is 19.4. The molecule has 1 saturated heterocycles. The zero-order valence-electron chi connectivity index (χ0n) is 13.7. The SMILES string of the molecule is CS(=O)(=O)Cc1ccc(C(=O)NNC(=O)CC2CCS(=O)(=O)C2)cc1. The van der Waals surface area contributed by atoms with Crippen LogP contribution in [0.3, 0.4) is 0 Å². The smallest absolute Gasteiger partial charge is 0.269 e. The molecule has 0 aromatic heterocycles. The van der Waals surface area contributed by atoms with E-state index in [1.165, 1.54) is 24.3 Å². The highest BCUT2D eigenvalue weighted by Gasteiger charge is 2.29. The van der Waals surface area contributed by atoms with Crippen molar-refractivity contribution in [2.75, 3.05) is 17.8 Å². The molecule has 8 nitrogen and oxygen atoms in total. The zero-order chi connectivity index (χ0) is 18.7. The summed E-state index contributed by atoms with van der Waals surface area (Å²) in [6, 6.07) is 5.99. The van der Waals surface area contributed by atoms with Crippen molar-refractivity contribution in [2.45, 2.75) is 18.6 Å². The highest BCUT2D eigenvalue weighted by molar-refractivity contribution is 7.91. The molecule has 1 aromatic carbocycles. The van der Waals surface area contributed by atoms with Crippen molar-refractivity contribution in [3.05, 3.63) is 35.4 Å². The maximum Gasteiger partial charge on any atom is 0.269 e. The van der Waals surface area contributed by atoms with E-state index in [1.807, 2.05) is 0 Å². The summed E-state index contributed by atoms with van der Waals surface area (Å²) in [5, 5.41) is 0. The van der Waals surface area contributed by atoms with Gasteiger partial charge in [-0.3, -0.25) is 20.4 Å². The van der Waals surface area contributed by atoms with E-state index in [0.29, 0.717) is 12.0 Å². The quantitative estimate of drug-likeness (QED) is 0.674. The lowest BCUT2D eigenvalue weighted by Crippen LogP contribution is -2.42. The van der Waals surface area contributed by atoms with Crippen molar-refractivity contribution in [1.82, 2.24) is 10.9 Å². The van der Waals surface area contributed by atoms with E-state index in [-0.39, 0.29) is 35.2 Å². The van der Waals surface area contributed by atoms with Gasteiger partial charge in [0.05, 0.1) is 17.3 Å². The van der Waals surface area contributed by atoms with Crippen molar-refractivity contribution in [1.29, 1.82) is 0 Å². The van der Waals surface area contributed by atoms with Gasteiger partial charge >= 0.3 is 0 Å². The largest absolute Gasteiger partial charge is 0.273 e. The van der Waals surface area contributed by atoms with Crippen LogP contribution in [-0.2, 0) is 30.2 Å². The van der Waals surface area contributed by atoms with Gasteiger partial charge in [0.1, 0.15) is 0 Å². The Morgan fingerprint density at radius 3 is 2.32 bits per heavy atom. The molecule has 1 heterocycles. The fourth-order valence-corrected chi connectivity index (χ4v) is 5.26. The molecule has 1 aliphatic heterocycles. The molecule has 0 saturated carbocycles. The Morgan fingerprint density at radius 1 is 1.16 bits per heavy atom. The summed E-state index contributed by atoms with van der Waals surface area (Å²) in [4.78, 5) is 23.7. The second-order valence-electron chi connectivity index (χ2n) is 6.24. The van der Waals surface area contributed by atoms with Gasteiger partial charge < -0.3 is 0 Å². The third-order valence-corrected chi connectivity index (χ3v) is 6.46. The number of sulfone groups is 2. The lowest BCUT2D eigenvalue weighted by atomic mass is 10.1. The van der Waals surface area contributed by atoms with Gasteiger partial charge in [-0.25, -0.2) is 16.8 Å². The van der Waals surface area contributed by atoms with Crippen molar-refractivity contribution in [3.63, 3.8) is 0 Å². The van der Waals surface area contributed by atoms with Gasteiger partial charge in [-0.2, -0.15) is 0 Å². The van der Waals surface area contributed by atoms with Crippen LogP contribution in [0.4, 0.5) is 0 Å². The molecule has 25 heavy (non-hydrogen) atoms. The van der Waals surface area contributed by atoms with Crippen LogP contribution in [-0.4, -0.2) is 46.4 Å². The number of carbonyl (C=O) groups excluding carboxylic acids is 2. The Bertz CT molecular complexity index is 860. The van der Waals surface area contributed by atoms with Crippen LogP contribution in [0.2, 0.25) is 0 Å². The van der Waals surface area contributed by atoms with E-state index in [1.54, 1.807) is 0 Å². The van der Waals surface area contributed by atoms with Crippen molar-refractivity contribution in [3.8, 4) is 0 Å². The molecule has 10 heteroatoms. The van der Waals surface area contributed by atoms with Crippen LogP contribution in [0.1, 0.15) is 28.8 Å². The molecule has 1 aromatic rings. The molecule has 0 aliphatic carbocycles. The summed E-state index contributed by atoms with van der Waals surface area (Å²) < 4.78 is 45.1. The van der Waals surface area contributed by atoms with Gasteiger partial charge in [-0.05, 0) is 30.0 Å². The number of hydrogen-bond acceptors (Lipinski definition) is 6. The van der Waals surface area contributed by atoms with E-state index in [0.717, 1.165) is 6.26 Å². The van der Waals surface area contributed by atoms with Crippen molar-refractivity contribution < 1.29 is 26.4 Å². The first-order valence-corrected chi connectivity index (χ1v) is 11.5. The van der Waals surface area contributed by atoms with Crippen LogP contribution in [0.15, 0.2) is 24.3 Å². The number of rotatable bonds is 5. The summed E-state index contributed by atoms with van der Waals surface area (Å²) in [6.07, 6.45) is 1.61. The molecule has 0 bridgehead atoms. The molecule has 1 fully saturated rings. The Morgan fingerprint density at radius 2 is 1.80 bits per heavy atom. The minimum atomic E-state index is -3.15. The molecule has 1 aliphatic rings. The fourth-order valence-electron chi connectivity index (χ4n) is 2.60. The van der Waals surface area contributed by atoms with Crippen molar-refractivity contribution in [2.24, 2.45) is 5.92 Å². The average Bonchev–Trinajstić information content (AvgIpc) is 2.82. The van der Waals surface area contributed by atoms with E-state index in [9.17, 15) is 26.4 Å². The predicted octanol–water partition coefficient (Wildman–Crippen LogP) is -0.183. The van der Waals surface area contributed by atoms with Gasteiger partial charge in [0, 0.05) is 18.2 Å². The van der Waals surface area contributed by atoms with Crippen molar-refractivity contribution >= 4 is 31.5 Å². The Hall–Kier alpha value is -1.94. The predicted molar refractivity (Wildman–Crippen MR) is 92.0 cm³/mol. The van der Waals surface area contributed by atoms with E-state index in [4.69, 9.17) is 0 Å². The standard InChI is InChI=1S/C15H20N2O6S2/c1-24(20,21)9-11-2-4-13(5-3-11)15(19)17-16-14(18)8-12-6-7-25(22,23)10-12/h2-5,12H,6-10H2,1H3,(H,16,18)(H,17,19). The molecule has 1 atom stereocenters. The van der Waals surface area contributed by atoms with Gasteiger partial charge in [0.2, 0.25) is 5.91 Å². The van der Waals surface area contributed by atoms with Gasteiger partial charge in [-0.1, -0.05) is 12.1 Å². The topological polar surface area (TPSA) is 126 Å². The van der Waals surface area contributed by atoms with Gasteiger partial charge in [-0.15, -0.1) is 0 Å². The lowest BCUT2D eigenvalue weighted by molar-refractivity contribution is -0.122. The molecule has 2 rings (SSSR count). The summed E-state index contributed by atoms with van der Waals surface area (Å²) >= 11 is 0. The average molecular weight is 388 g/mol. The third-order valence-electron chi connectivity index (χ3n) is 3.76. The molecule has 2 amide bonds. The normalized spacial score (nSPS) is 19.3. The Kier molecular flexibility index (Phi) is 5.83. The Balaban J connectivity index is 1.82. The second kappa shape index (κ2) is 7.52. The minimum absolute atomic E-state index is 0.00380. The van der Waals surface area contributed by atoms with E-state index < -0.39 is 31.5 Å². The zero-order valence-corrected chi connectivity index (χ0v) is 15.3. The van der Waals surface area contributed by atoms with Crippen LogP contribution in [0, 0.1) is 5.92 Å². The molecule has 1 unspecified atom stereocenters. The highest BCUT2D eigenvalue weighted by atomic mass is 32.2. The first-order valence-electron chi connectivity index (χ1n) is 7.60. The minimum Gasteiger partial charge on any atom is -0.273 e. The number of hydrazine groups is 1. The number of carbonyl (C=O) groups is 2. The Labute approximate surface area is 146 Å². The maximum absolute atomic E-state index is 11.9. The molecular weight excluding hydrogens is 368 g/mol. The summed E-state index contributed by atoms with van der Waals surface area (Å²) in [5.41, 5.74) is 5.34. The second-order valence-corrected chi connectivity index (χ2v) is 10.6. The molecule has 0 spiro atoms. The number of benzene rings is 1. The monoisotopic (exact) mass is 388 g/mol. The maximum atomic E-state index is 11.9. The van der Waals surface area contributed by atoms with Crippen LogP contribution >= 0.6 is 0 Å². The van der Waals surface area contributed by atoms with Crippen LogP contribution in [0.5, 0.6) is 0 Å². The molecular formula is C15H20N2O6S2. The van der Waals surface area contributed by atoms with E-state index >= 15 is 0 Å². The summed E-state index contributed by atoms with van der Waals surface area (Å²) in [6.45, 7) is 0. The third kappa shape index (κ3) is 6.46. The molecule has 138 valence electrons. The van der Waals surface area contributed by atoms with Gasteiger partial charge in [0.25, 0.3) is 5.91 Å². The van der Waals surface area contributed by atoms with Crippen LogP contribution < -0.4 is 10.9 Å². The number of nitrogens with one attached hydrogen (secondary N) is 2.